The van der Waals surface area contributed by atoms with Crippen LogP contribution < -0.4 is 5.32 Å². The third-order valence-corrected chi connectivity index (χ3v) is 3.10. The van der Waals surface area contributed by atoms with E-state index in [-0.39, 0.29) is 5.97 Å². The van der Waals surface area contributed by atoms with Crippen molar-refractivity contribution in [3.05, 3.63) is 0 Å². The molecule has 0 aromatic heterocycles. The van der Waals surface area contributed by atoms with E-state index in [0.29, 0.717) is 19.1 Å². The third-order valence-electron chi connectivity index (χ3n) is 3.10. The lowest BCUT2D eigenvalue weighted by Gasteiger charge is -2.22. The van der Waals surface area contributed by atoms with Gasteiger partial charge in [-0.2, -0.15) is 0 Å². The van der Waals surface area contributed by atoms with Crippen LogP contribution >= 0.6 is 0 Å². The van der Waals surface area contributed by atoms with Crippen molar-refractivity contribution < 1.29 is 9.53 Å². The minimum absolute atomic E-state index is 0.103. The molecule has 4 heteroatoms. The van der Waals surface area contributed by atoms with Crippen LogP contribution in [-0.2, 0) is 9.53 Å². The summed E-state index contributed by atoms with van der Waals surface area (Å²) in [6, 6.07) is 0.659. The second-order valence-corrected chi connectivity index (χ2v) is 4.18. The Morgan fingerprint density at radius 2 is 2.31 bits per heavy atom. The Labute approximate surface area is 98.3 Å². The molecule has 94 valence electrons. The number of nitrogens with one attached hydrogen (secondary N) is 1. The summed E-state index contributed by atoms with van der Waals surface area (Å²) in [4.78, 5) is 13.6. The van der Waals surface area contributed by atoms with Crippen molar-refractivity contribution in [1.82, 2.24) is 10.2 Å². The second kappa shape index (κ2) is 7.63. The number of carbonyl (C=O) groups is 1. The smallest absolute Gasteiger partial charge is 0.307 e. The lowest BCUT2D eigenvalue weighted by Crippen LogP contribution is -2.38. The number of hydrogen-bond acceptors (Lipinski definition) is 4. The zero-order valence-corrected chi connectivity index (χ0v) is 10.5. The maximum absolute atomic E-state index is 11.1. The highest BCUT2D eigenvalue weighted by Crippen LogP contribution is 2.15. The quantitative estimate of drug-likeness (QED) is 0.522. The first kappa shape index (κ1) is 13.5. The molecule has 1 saturated heterocycles. The maximum Gasteiger partial charge on any atom is 0.307 e. The van der Waals surface area contributed by atoms with Gasteiger partial charge in [-0.25, -0.2) is 0 Å². The van der Waals surface area contributed by atoms with Gasteiger partial charge in [0.2, 0.25) is 0 Å². The van der Waals surface area contributed by atoms with E-state index in [1.165, 1.54) is 19.4 Å². The van der Waals surface area contributed by atoms with Crippen molar-refractivity contribution >= 4 is 5.97 Å². The van der Waals surface area contributed by atoms with Gasteiger partial charge >= 0.3 is 5.97 Å². The largest absolute Gasteiger partial charge is 0.466 e. The van der Waals surface area contributed by atoms with Crippen molar-refractivity contribution in [3.8, 4) is 0 Å². The first-order valence-corrected chi connectivity index (χ1v) is 6.38. The summed E-state index contributed by atoms with van der Waals surface area (Å²) >= 11 is 0. The summed E-state index contributed by atoms with van der Waals surface area (Å²) in [5, 5.41) is 3.34. The number of nitrogens with zero attached hydrogens (tertiary/aromatic N) is 1. The number of hydrogen-bond donors (Lipinski definition) is 1. The van der Waals surface area contributed by atoms with E-state index in [1.807, 2.05) is 6.92 Å². The predicted octanol–water partition coefficient (Wildman–Crippen LogP) is 1.01. The molecule has 0 spiro atoms. The van der Waals surface area contributed by atoms with Crippen LogP contribution in [0.3, 0.4) is 0 Å². The zero-order valence-electron chi connectivity index (χ0n) is 10.5. The summed E-state index contributed by atoms with van der Waals surface area (Å²) in [6.07, 6.45) is 3.06. The van der Waals surface area contributed by atoms with Gasteiger partial charge in [-0.3, -0.25) is 9.69 Å². The minimum atomic E-state index is -0.103. The standard InChI is InChI=1S/C12H24N2O2/c1-3-14-9-5-6-11(14)10-13-8-7-12(15)16-4-2/h11,13H,3-10H2,1-2H3/t11-/m1/s1. The van der Waals surface area contributed by atoms with Crippen LogP contribution in [0.2, 0.25) is 0 Å². The molecule has 1 N–H and O–H groups in total. The maximum atomic E-state index is 11.1. The molecule has 0 aliphatic carbocycles. The van der Waals surface area contributed by atoms with E-state index in [2.05, 4.69) is 17.1 Å². The molecule has 0 aromatic rings. The molecule has 1 rings (SSSR count). The molecule has 1 atom stereocenters. The number of likely N-dealkylation sites (tertiary alicyclic amines) is 1. The van der Waals surface area contributed by atoms with Crippen molar-refractivity contribution in [2.75, 3.05) is 32.8 Å². The first-order chi connectivity index (χ1) is 7.77. The first-order valence-electron chi connectivity index (χ1n) is 6.38. The lowest BCUT2D eigenvalue weighted by atomic mass is 10.2. The number of rotatable bonds is 7. The Hall–Kier alpha value is -0.610. The molecule has 0 unspecified atom stereocenters. The average Bonchev–Trinajstić information content (AvgIpc) is 2.72. The fourth-order valence-electron chi connectivity index (χ4n) is 2.23. The molecule has 0 saturated carbocycles. The van der Waals surface area contributed by atoms with Gasteiger partial charge in [0.05, 0.1) is 13.0 Å². The van der Waals surface area contributed by atoms with Crippen molar-refractivity contribution in [3.63, 3.8) is 0 Å². The van der Waals surface area contributed by atoms with E-state index in [4.69, 9.17) is 4.74 Å². The Morgan fingerprint density at radius 1 is 1.50 bits per heavy atom. The Morgan fingerprint density at radius 3 is 3.00 bits per heavy atom. The molecule has 16 heavy (non-hydrogen) atoms. The SMILES string of the molecule is CCOC(=O)CCNC[C@H]1CCCN1CC. The van der Waals surface area contributed by atoms with Crippen LogP contribution in [0.5, 0.6) is 0 Å². The predicted molar refractivity (Wildman–Crippen MR) is 64.4 cm³/mol. The van der Waals surface area contributed by atoms with E-state index in [0.717, 1.165) is 19.6 Å². The molecule has 0 bridgehead atoms. The van der Waals surface area contributed by atoms with Gasteiger partial charge in [-0.1, -0.05) is 6.92 Å². The second-order valence-electron chi connectivity index (χ2n) is 4.18. The molecule has 4 nitrogen and oxygen atoms in total. The highest BCUT2D eigenvalue weighted by atomic mass is 16.5. The number of likely N-dealkylation sites (N-methyl/N-ethyl adjacent to an activating group) is 1. The molecule has 1 aliphatic heterocycles. The van der Waals surface area contributed by atoms with E-state index in [1.54, 1.807) is 0 Å². The average molecular weight is 228 g/mol. The molecular weight excluding hydrogens is 204 g/mol. The lowest BCUT2D eigenvalue weighted by molar-refractivity contribution is -0.142. The van der Waals surface area contributed by atoms with Gasteiger partial charge in [-0.05, 0) is 32.9 Å². The van der Waals surface area contributed by atoms with E-state index < -0.39 is 0 Å². The van der Waals surface area contributed by atoms with Crippen LogP contribution in [-0.4, -0.2) is 49.7 Å². The molecule has 0 radical (unpaired) electrons. The number of carbonyl (C=O) groups excluding carboxylic acids is 1. The van der Waals surface area contributed by atoms with Gasteiger partial charge in [-0.15, -0.1) is 0 Å². The minimum Gasteiger partial charge on any atom is -0.466 e. The number of ether oxygens (including phenoxy) is 1. The van der Waals surface area contributed by atoms with Crippen LogP contribution in [0.15, 0.2) is 0 Å². The molecule has 1 aliphatic rings. The van der Waals surface area contributed by atoms with Gasteiger partial charge in [0, 0.05) is 19.1 Å². The van der Waals surface area contributed by atoms with Crippen molar-refractivity contribution in [1.29, 1.82) is 0 Å². The monoisotopic (exact) mass is 228 g/mol. The molecule has 0 amide bonds. The molecular formula is C12H24N2O2. The normalized spacial score (nSPS) is 21.2. The Kier molecular flexibility index (Phi) is 6.42. The summed E-state index contributed by atoms with van der Waals surface area (Å²) in [6.45, 7) is 8.59. The zero-order chi connectivity index (χ0) is 11.8. The fraction of sp³-hybridized carbons (Fsp3) is 0.917. The summed E-state index contributed by atoms with van der Waals surface area (Å²) < 4.78 is 4.87. The van der Waals surface area contributed by atoms with Crippen LogP contribution in [0, 0.1) is 0 Å². The van der Waals surface area contributed by atoms with Crippen molar-refractivity contribution in [2.24, 2.45) is 0 Å². The topological polar surface area (TPSA) is 41.6 Å². The molecule has 1 heterocycles. The van der Waals surface area contributed by atoms with E-state index >= 15 is 0 Å². The summed E-state index contributed by atoms with van der Waals surface area (Å²) in [7, 11) is 0. The molecule has 1 fully saturated rings. The molecule has 0 aromatic carbocycles. The number of esters is 1. The van der Waals surface area contributed by atoms with E-state index in [9.17, 15) is 4.79 Å². The van der Waals surface area contributed by atoms with Gasteiger partial charge < -0.3 is 10.1 Å². The highest BCUT2D eigenvalue weighted by Gasteiger charge is 2.21. The van der Waals surface area contributed by atoms with Crippen LogP contribution in [0.25, 0.3) is 0 Å². The van der Waals surface area contributed by atoms with Gasteiger partial charge in [0.25, 0.3) is 0 Å². The summed E-state index contributed by atoms with van der Waals surface area (Å²) in [5.41, 5.74) is 0. The van der Waals surface area contributed by atoms with Crippen LogP contribution in [0.4, 0.5) is 0 Å². The summed E-state index contributed by atoms with van der Waals surface area (Å²) in [5.74, 6) is -0.103. The fourth-order valence-corrected chi connectivity index (χ4v) is 2.23. The Bertz CT molecular complexity index is 209. The van der Waals surface area contributed by atoms with Crippen LogP contribution in [0.1, 0.15) is 33.1 Å². The van der Waals surface area contributed by atoms with Crippen molar-refractivity contribution in [2.45, 2.75) is 39.2 Å². The highest BCUT2D eigenvalue weighted by molar-refractivity contribution is 5.69. The van der Waals surface area contributed by atoms with Gasteiger partial charge in [0.15, 0.2) is 0 Å². The third kappa shape index (κ3) is 4.49. The van der Waals surface area contributed by atoms with Gasteiger partial charge in [0.1, 0.15) is 0 Å². The Balaban J connectivity index is 2.04.